The Morgan fingerprint density at radius 3 is 2.94 bits per heavy atom. The van der Waals surface area contributed by atoms with Crippen molar-refractivity contribution in [3.05, 3.63) is 29.0 Å². The number of aromatic nitrogens is 1. The maximum atomic E-state index is 11.6. The second-order valence-electron chi connectivity index (χ2n) is 4.40. The monoisotopic (exact) mass is 247 g/mol. The highest BCUT2D eigenvalue weighted by Gasteiger charge is 2.14. The summed E-state index contributed by atoms with van der Waals surface area (Å²) in [6.45, 7) is 4.91. The van der Waals surface area contributed by atoms with Crippen LogP contribution in [0.15, 0.2) is 16.7 Å². The number of nitrogens with zero attached hydrogens (tertiary/aromatic N) is 1. The number of fused-ring (bicyclic) bond motifs is 1. The molecule has 18 heavy (non-hydrogen) atoms. The minimum Gasteiger partial charge on any atom is -0.356 e. The second-order valence-corrected chi connectivity index (χ2v) is 4.40. The van der Waals surface area contributed by atoms with E-state index in [1.54, 1.807) is 0 Å². The molecular formula is C13H17N3O2. The summed E-state index contributed by atoms with van der Waals surface area (Å²) in [5.74, 6) is -0.0874. The highest BCUT2D eigenvalue weighted by molar-refractivity contribution is 5.88. The van der Waals surface area contributed by atoms with E-state index in [1.807, 2.05) is 19.9 Å². The first-order chi connectivity index (χ1) is 8.61. The fourth-order valence-corrected chi connectivity index (χ4v) is 2.07. The molecule has 3 N–H and O–H groups in total. The fraction of sp³-hybridized carbons (Fsp3) is 0.385. The number of hydrogen-bond donors (Lipinski definition) is 2. The number of amides is 1. The summed E-state index contributed by atoms with van der Waals surface area (Å²) in [4.78, 5) is 11.6. The van der Waals surface area contributed by atoms with Crippen LogP contribution in [0.1, 0.15) is 16.8 Å². The molecule has 0 aliphatic heterocycles. The molecule has 0 aliphatic rings. The van der Waals surface area contributed by atoms with Crippen molar-refractivity contribution in [2.75, 3.05) is 13.1 Å². The molecule has 96 valence electrons. The van der Waals surface area contributed by atoms with E-state index in [0.29, 0.717) is 18.8 Å². The van der Waals surface area contributed by atoms with Crippen LogP contribution in [0.25, 0.3) is 11.0 Å². The van der Waals surface area contributed by atoms with Crippen LogP contribution in [0.2, 0.25) is 0 Å². The minimum atomic E-state index is -0.0874. The van der Waals surface area contributed by atoms with E-state index in [4.69, 9.17) is 10.3 Å². The number of rotatable bonds is 4. The van der Waals surface area contributed by atoms with Gasteiger partial charge in [-0.1, -0.05) is 11.2 Å². The topological polar surface area (TPSA) is 81.2 Å². The molecule has 0 bridgehead atoms. The smallest absolute Gasteiger partial charge is 0.226 e. The summed E-state index contributed by atoms with van der Waals surface area (Å²) in [6.07, 6.45) is 0.219. The van der Waals surface area contributed by atoms with E-state index in [0.717, 1.165) is 22.1 Å². The van der Waals surface area contributed by atoms with Crippen LogP contribution in [0.3, 0.4) is 0 Å². The normalized spacial score (nSPS) is 10.8. The van der Waals surface area contributed by atoms with Gasteiger partial charge in [0, 0.05) is 18.5 Å². The minimum absolute atomic E-state index is 0.0874. The van der Waals surface area contributed by atoms with Gasteiger partial charge in [0.15, 0.2) is 5.58 Å². The van der Waals surface area contributed by atoms with E-state index in [2.05, 4.69) is 16.5 Å². The number of nitrogens with one attached hydrogen (secondary N) is 1. The average molecular weight is 247 g/mol. The predicted molar refractivity (Wildman–Crippen MR) is 69.3 cm³/mol. The quantitative estimate of drug-likeness (QED) is 0.846. The lowest BCUT2D eigenvalue weighted by atomic mass is 10.0. The molecule has 2 aromatic rings. The van der Waals surface area contributed by atoms with Crippen molar-refractivity contribution in [2.24, 2.45) is 5.73 Å². The van der Waals surface area contributed by atoms with Crippen molar-refractivity contribution in [2.45, 2.75) is 20.3 Å². The standard InChI is InChI=1S/C13H17N3O2/c1-8-5-9(2)13-10(16-18-11(13)6-8)7-12(17)15-4-3-14/h5-6H,3-4,7,14H2,1-2H3,(H,15,17). The Bertz CT molecular complexity index is 575. The predicted octanol–water partition coefficient (Wildman–Crippen LogP) is 1.06. The lowest BCUT2D eigenvalue weighted by Crippen LogP contribution is -2.30. The molecule has 5 heteroatoms. The Morgan fingerprint density at radius 1 is 1.44 bits per heavy atom. The van der Waals surface area contributed by atoms with Gasteiger partial charge in [-0.3, -0.25) is 4.79 Å². The van der Waals surface area contributed by atoms with E-state index < -0.39 is 0 Å². The Morgan fingerprint density at radius 2 is 2.22 bits per heavy atom. The Kier molecular flexibility index (Phi) is 3.62. The lowest BCUT2D eigenvalue weighted by molar-refractivity contribution is -0.120. The summed E-state index contributed by atoms with van der Waals surface area (Å²) >= 11 is 0. The molecule has 0 unspecified atom stereocenters. The first kappa shape index (κ1) is 12.6. The highest BCUT2D eigenvalue weighted by atomic mass is 16.5. The zero-order chi connectivity index (χ0) is 13.1. The van der Waals surface area contributed by atoms with Crippen molar-refractivity contribution in [1.29, 1.82) is 0 Å². The molecule has 5 nitrogen and oxygen atoms in total. The molecule has 0 atom stereocenters. The molecule has 1 aromatic carbocycles. The SMILES string of the molecule is Cc1cc(C)c2c(CC(=O)NCCN)noc2c1. The van der Waals surface area contributed by atoms with Gasteiger partial charge in [0.05, 0.1) is 6.42 Å². The van der Waals surface area contributed by atoms with Gasteiger partial charge in [-0.25, -0.2) is 0 Å². The van der Waals surface area contributed by atoms with Gasteiger partial charge in [-0.15, -0.1) is 0 Å². The summed E-state index contributed by atoms with van der Waals surface area (Å²) in [6, 6.07) is 3.98. The van der Waals surface area contributed by atoms with E-state index >= 15 is 0 Å². The molecule has 0 aliphatic carbocycles. The molecule has 1 amide bonds. The van der Waals surface area contributed by atoms with Gasteiger partial charge in [0.1, 0.15) is 5.69 Å². The van der Waals surface area contributed by atoms with Crippen LogP contribution < -0.4 is 11.1 Å². The number of carbonyl (C=O) groups is 1. The molecule has 1 aromatic heterocycles. The van der Waals surface area contributed by atoms with Crippen molar-refractivity contribution in [3.8, 4) is 0 Å². The fourth-order valence-electron chi connectivity index (χ4n) is 2.07. The summed E-state index contributed by atoms with van der Waals surface area (Å²) in [5.41, 5.74) is 8.94. The van der Waals surface area contributed by atoms with Crippen molar-refractivity contribution >= 4 is 16.9 Å². The third-order valence-corrected chi connectivity index (χ3v) is 2.78. The van der Waals surface area contributed by atoms with Gasteiger partial charge in [0.25, 0.3) is 0 Å². The maximum absolute atomic E-state index is 11.6. The van der Waals surface area contributed by atoms with Crippen LogP contribution in [0, 0.1) is 13.8 Å². The Labute approximate surface area is 105 Å². The van der Waals surface area contributed by atoms with Crippen LogP contribution in [-0.4, -0.2) is 24.2 Å². The number of benzene rings is 1. The van der Waals surface area contributed by atoms with Crippen molar-refractivity contribution in [1.82, 2.24) is 10.5 Å². The Balaban J connectivity index is 2.27. The van der Waals surface area contributed by atoms with Gasteiger partial charge < -0.3 is 15.6 Å². The van der Waals surface area contributed by atoms with E-state index in [-0.39, 0.29) is 12.3 Å². The number of hydrogen-bond acceptors (Lipinski definition) is 4. The van der Waals surface area contributed by atoms with Gasteiger partial charge in [-0.2, -0.15) is 0 Å². The Hall–Kier alpha value is -1.88. The van der Waals surface area contributed by atoms with Crippen molar-refractivity contribution < 1.29 is 9.32 Å². The third-order valence-electron chi connectivity index (χ3n) is 2.78. The number of aryl methyl sites for hydroxylation is 2. The van der Waals surface area contributed by atoms with Crippen LogP contribution in [-0.2, 0) is 11.2 Å². The first-order valence-electron chi connectivity index (χ1n) is 5.94. The number of carbonyl (C=O) groups excluding carboxylic acids is 1. The molecule has 0 fully saturated rings. The average Bonchev–Trinajstić information content (AvgIpc) is 2.69. The zero-order valence-electron chi connectivity index (χ0n) is 10.6. The second kappa shape index (κ2) is 5.18. The zero-order valence-corrected chi connectivity index (χ0v) is 10.6. The molecule has 0 spiro atoms. The molecule has 0 radical (unpaired) electrons. The summed E-state index contributed by atoms with van der Waals surface area (Å²) in [5, 5.41) is 7.63. The van der Waals surface area contributed by atoms with E-state index in [9.17, 15) is 4.79 Å². The largest absolute Gasteiger partial charge is 0.356 e. The summed E-state index contributed by atoms with van der Waals surface area (Å²) in [7, 11) is 0. The van der Waals surface area contributed by atoms with E-state index in [1.165, 1.54) is 0 Å². The van der Waals surface area contributed by atoms with Crippen molar-refractivity contribution in [3.63, 3.8) is 0 Å². The maximum Gasteiger partial charge on any atom is 0.226 e. The summed E-state index contributed by atoms with van der Waals surface area (Å²) < 4.78 is 5.26. The lowest BCUT2D eigenvalue weighted by Gasteiger charge is -2.02. The first-order valence-corrected chi connectivity index (χ1v) is 5.94. The van der Waals surface area contributed by atoms with Gasteiger partial charge in [0.2, 0.25) is 5.91 Å². The molecule has 0 saturated carbocycles. The van der Waals surface area contributed by atoms with Crippen LogP contribution in [0.5, 0.6) is 0 Å². The van der Waals surface area contributed by atoms with Gasteiger partial charge in [-0.05, 0) is 31.0 Å². The van der Waals surface area contributed by atoms with Crippen LogP contribution >= 0.6 is 0 Å². The van der Waals surface area contributed by atoms with Crippen LogP contribution in [0.4, 0.5) is 0 Å². The molecular weight excluding hydrogens is 230 g/mol. The van der Waals surface area contributed by atoms with Gasteiger partial charge >= 0.3 is 0 Å². The molecule has 2 rings (SSSR count). The third kappa shape index (κ3) is 2.51. The molecule has 0 saturated heterocycles. The molecule has 1 heterocycles. The number of nitrogens with two attached hydrogens (primary N) is 1. The highest BCUT2D eigenvalue weighted by Crippen LogP contribution is 2.24.